The molecule has 0 bridgehead atoms. The first-order valence-electron chi connectivity index (χ1n) is 7.67. The molecule has 0 heterocycles. The van der Waals surface area contributed by atoms with E-state index >= 15 is 0 Å². The molecular weight excluding hydrogens is 258 g/mol. The van der Waals surface area contributed by atoms with Crippen molar-refractivity contribution >= 4 is 0 Å². The Labute approximate surface area is 127 Å². The van der Waals surface area contributed by atoms with E-state index in [2.05, 4.69) is 31.2 Å². The first-order valence-corrected chi connectivity index (χ1v) is 7.67. The number of hydrogen-bond donors (Lipinski definition) is 2. The lowest BCUT2D eigenvalue weighted by atomic mass is 9.92. The summed E-state index contributed by atoms with van der Waals surface area (Å²) in [4.78, 5) is 0. The highest BCUT2D eigenvalue weighted by Crippen LogP contribution is 2.20. The Morgan fingerprint density at radius 1 is 0.905 bits per heavy atom. The lowest BCUT2D eigenvalue weighted by Gasteiger charge is -2.20. The Kier molecular flexibility index (Phi) is 5.97. The maximum atomic E-state index is 10.2. The number of nitrogens with two attached hydrogens (primary N) is 1. The van der Waals surface area contributed by atoms with Crippen LogP contribution in [0.3, 0.4) is 0 Å². The molecule has 0 aliphatic heterocycles. The molecule has 0 aromatic heterocycles. The van der Waals surface area contributed by atoms with Crippen molar-refractivity contribution in [3.63, 3.8) is 0 Å². The third kappa shape index (κ3) is 5.33. The van der Waals surface area contributed by atoms with Crippen molar-refractivity contribution in [2.45, 2.75) is 38.3 Å². The van der Waals surface area contributed by atoms with Crippen molar-refractivity contribution in [2.75, 3.05) is 0 Å². The molecule has 2 aromatic carbocycles. The van der Waals surface area contributed by atoms with Gasteiger partial charge in [-0.05, 0) is 36.3 Å². The summed E-state index contributed by atoms with van der Waals surface area (Å²) >= 11 is 0. The van der Waals surface area contributed by atoms with E-state index in [-0.39, 0.29) is 12.1 Å². The molecule has 0 amide bonds. The first-order chi connectivity index (χ1) is 10.1. The van der Waals surface area contributed by atoms with E-state index in [9.17, 15) is 5.11 Å². The van der Waals surface area contributed by atoms with Crippen molar-refractivity contribution in [3.05, 3.63) is 71.8 Å². The Morgan fingerprint density at radius 2 is 1.48 bits per heavy atom. The quantitative estimate of drug-likeness (QED) is 0.813. The molecule has 3 N–H and O–H groups in total. The van der Waals surface area contributed by atoms with Crippen LogP contribution in [0, 0.1) is 5.92 Å². The van der Waals surface area contributed by atoms with Gasteiger partial charge in [-0.3, -0.25) is 0 Å². The molecule has 2 aromatic rings. The predicted molar refractivity (Wildman–Crippen MR) is 87.9 cm³/mol. The van der Waals surface area contributed by atoms with Crippen LogP contribution < -0.4 is 5.73 Å². The van der Waals surface area contributed by atoms with Gasteiger partial charge < -0.3 is 10.8 Å². The fourth-order valence-corrected chi connectivity index (χ4v) is 2.79. The molecule has 0 spiro atoms. The van der Waals surface area contributed by atoms with Crippen LogP contribution in [0.1, 0.15) is 36.9 Å². The highest BCUT2D eigenvalue weighted by atomic mass is 16.3. The summed E-state index contributed by atoms with van der Waals surface area (Å²) in [5, 5.41) is 10.2. The fraction of sp³-hybridized carbons (Fsp3) is 0.368. The van der Waals surface area contributed by atoms with Crippen LogP contribution in [0.5, 0.6) is 0 Å². The molecule has 3 atom stereocenters. The van der Waals surface area contributed by atoms with E-state index in [4.69, 9.17) is 5.73 Å². The van der Waals surface area contributed by atoms with Crippen LogP contribution in [-0.4, -0.2) is 11.2 Å². The van der Waals surface area contributed by atoms with Crippen molar-refractivity contribution in [1.82, 2.24) is 0 Å². The Bertz CT molecular complexity index is 512. The normalized spacial score (nSPS) is 15.4. The second-order valence-corrected chi connectivity index (χ2v) is 5.94. The van der Waals surface area contributed by atoms with E-state index < -0.39 is 0 Å². The molecule has 0 fully saturated rings. The first kappa shape index (κ1) is 15.7. The minimum Gasteiger partial charge on any atom is -0.393 e. The number of aliphatic hydroxyl groups is 1. The molecule has 0 saturated carbocycles. The zero-order chi connectivity index (χ0) is 15.1. The molecule has 112 valence electrons. The minimum atomic E-state index is -0.348. The summed E-state index contributed by atoms with van der Waals surface area (Å²) in [6.07, 6.45) is 2.05. The third-order valence-corrected chi connectivity index (χ3v) is 3.86. The second kappa shape index (κ2) is 7.96. The monoisotopic (exact) mass is 283 g/mol. The summed E-state index contributed by atoms with van der Waals surface area (Å²) in [6, 6.07) is 20.3. The van der Waals surface area contributed by atoms with Crippen molar-refractivity contribution in [3.8, 4) is 0 Å². The van der Waals surface area contributed by atoms with Crippen molar-refractivity contribution in [1.29, 1.82) is 0 Å². The molecular formula is C19H25NO. The van der Waals surface area contributed by atoms with Crippen LogP contribution in [0.2, 0.25) is 0 Å². The summed E-state index contributed by atoms with van der Waals surface area (Å²) in [7, 11) is 0. The van der Waals surface area contributed by atoms with Crippen LogP contribution >= 0.6 is 0 Å². The van der Waals surface area contributed by atoms with Gasteiger partial charge in [-0.2, -0.15) is 0 Å². The standard InChI is InChI=1S/C19H25NO/c1-15(12-16-8-4-2-5-9-16)13-18(21)14-19(20)17-10-6-3-7-11-17/h2-11,15,18-19,21H,12-14,20H2,1H3. The van der Waals surface area contributed by atoms with Gasteiger partial charge in [-0.15, -0.1) is 0 Å². The number of rotatable bonds is 7. The van der Waals surface area contributed by atoms with Crippen LogP contribution in [0.15, 0.2) is 60.7 Å². The summed E-state index contributed by atoms with van der Waals surface area (Å²) in [5.74, 6) is 0.449. The zero-order valence-electron chi connectivity index (χ0n) is 12.7. The number of hydrogen-bond acceptors (Lipinski definition) is 2. The summed E-state index contributed by atoms with van der Waals surface area (Å²) in [6.45, 7) is 2.18. The molecule has 2 heteroatoms. The number of benzene rings is 2. The topological polar surface area (TPSA) is 46.2 Å². The zero-order valence-corrected chi connectivity index (χ0v) is 12.7. The maximum Gasteiger partial charge on any atom is 0.0561 e. The second-order valence-electron chi connectivity index (χ2n) is 5.94. The van der Waals surface area contributed by atoms with E-state index in [0.717, 1.165) is 18.4 Å². The van der Waals surface area contributed by atoms with Gasteiger partial charge in [-0.25, -0.2) is 0 Å². The fourth-order valence-electron chi connectivity index (χ4n) is 2.79. The Hall–Kier alpha value is -1.64. The highest BCUT2D eigenvalue weighted by molar-refractivity contribution is 5.18. The molecule has 0 aliphatic rings. The largest absolute Gasteiger partial charge is 0.393 e. The summed E-state index contributed by atoms with van der Waals surface area (Å²) < 4.78 is 0. The van der Waals surface area contributed by atoms with E-state index in [1.807, 2.05) is 36.4 Å². The smallest absolute Gasteiger partial charge is 0.0561 e. The maximum absolute atomic E-state index is 10.2. The molecule has 0 aliphatic carbocycles. The predicted octanol–water partition coefficient (Wildman–Crippen LogP) is 3.71. The van der Waals surface area contributed by atoms with E-state index in [1.54, 1.807) is 0 Å². The van der Waals surface area contributed by atoms with Crippen molar-refractivity contribution < 1.29 is 5.11 Å². The van der Waals surface area contributed by atoms with E-state index in [0.29, 0.717) is 12.3 Å². The molecule has 0 radical (unpaired) electrons. The van der Waals surface area contributed by atoms with Crippen LogP contribution in [-0.2, 0) is 6.42 Å². The van der Waals surface area contributed by atoms with Gasteiger partial charge in [0, 0.05) is 6.04 Å². The van der Waals surface area contributed by atoms with Gasteiger partial charge in [0.1, 0.15) is 0 Å². The lowest BCUT2D eigenvalue weighted by molar-refractivity contribution is 0.128. The minimum absolute atomic E-state index is 0.0925. The SMILES string of the molecule is CC(Cc1ccccc1)CC(O)CC(N)c1ccccc1. The van der Waals surface area contributed by atoms with Crippen LogP contribution in [0.25, 0.3) is 0 Å². The Balaban J connectivity index is 1.80. The van der Waals surface area contributed by atoms with E-state index in [1.165, 1.54) is 5.56 Å². The van der Waals surface area contributed by atoms with Gasteiger partial charge in [0.15, 0.2) is 0 Å². The highest BCUT2D eigenvalue weighted by Gasteiger charge is 2.15. The average molecular weight is 283 g/mol. The van der Waals surface area contributed by atoms with Gasteiger partial charge in [0.2, 0.25) is 0 Å². The lowest BCUT2D eigenvalue weighted by Crippen LogP contribution is -2.21. The number of aliphatic hydroxyl groups excluding tert-OH is 1. The van der Waals surface area contributed by atoms with Gasteiger partial charge in [0.25, 0.3) is 0 Å². The molecule has 2 rings (SSSR count). The summed E-state index contributed by atoms with van der Waals surface area (Å²) in [5.41, 5.74) is 8.58. The Morgan fingerprint density at radius 3 is 2.10 bits per heavy atom. The van der Waals surface area contributed by atoms with Crippen molar-refractivity contribution in [2.24, 2.45) is 11.7 Å². The van der Waals surface area contributed by atoms with Crippen LogP contribution in [0.4, 0.5) is 0 Å². The average Bonchev–Trinajstić information content (AvgIpc) is 2.48. The molecule has 3 unspecified atom stereocenters. The van der Waals surface area contributed by atoms with Gasteiger partial charge >= 0.3 is 0 Å². The molecule has 0 saturated heterocycles. The van der Waals surface area contributed by atoms with Gasteiger partial charge in [0.05, 0.1) is 6.10 Å². The molecule has 2 nitrogen and oxygen atoms in total. The molecule has 21 heavy (non-hydrogen) atoms. The third-order valence-electron chi connectivity index (χ3n) is 3.86. The van der Waals surface area contributed by atoms with Gasteiger partial charge in [-0.1, -0.05) is 67.6 Å².